The molecule has 0 aromatic heterocycles. The molecule has 0 spiro atoms. The van der Waals surface area contributed by atoms with Gasteiger partial charge in [0.15, 0.2) is 5.97 Å². The normalized spacial score (nSPS) is 5.30. The zero-order chi connectivity index (χ0) is 7.70. The molecule has 0 aliphatic rings. The van der Waals surface area contributed by atoms with Crippen LogP contribution in [0.2, 0.25) is 0 Å². The number of carboxylic acid groups (broad SMARTS) is 1. The van der Waals surface area contributed by atoms with Gasteiger partial charge < -0.3 is 20.7 Å². The Morgan fingerprint density at radius 3 is 2.10 bits per heavy atom. The van der Waals surface area contributed by atoms with E-state index in [1.165, 1.54) is 6.21 Å². The van der Waals surface area contributed by atoms with Crippen LogP contribution in [0.3, 0.4) is 0 Å². The molecule has 0 saturated carbocycles. The second-order valence-corrected chi connectivity index (χ2v) is 0.693. The van der Waals surface area contributed by atoms with Crippen molar-refractivity contribution >= 4 is 12.2 Å². The smallest absolute Gasteiger partial charge is 0.664 e. The van der Waals surface area contributed by atoms with E-state index in [1.54, 1.807) is 0 Å². The molecular formula is C4H5KNO4-. The summed E-state index contributed by atoms with van der Waals surface area (Å²) in [6.07, 6.45) is 2.01. The van der Waals surface area contributed by atoms with Gasteiger partial charge in [0.1, 0.15) is 0 Å². The standard InChI is InChI=1S/C2H2NO2.C2H4O2.K/c3-1-2(4)5;1-2-4-3;/h3H,(H,4,5);2-3H,1H2;/q-1;;+1/p-1. The Hall–Kier alpha value is 0.276. The Balaban J connectivity index is -0.0000000910. The minimum atomic E-state index is -1.33. The molecule has 0 bridgehead atoms. The fraction of sp³-hybridized carbons (Fsp3) is 0. The van der Waals surface area contributed by atoms with Crippen molar-refractivity contribution in [1.82, 2.24) is 0 Å². The maximum atomic E-state index is 9.07. The molecule has 0 amide bonds. The van der Waals surface area contributed by atoms with Gasteiger partial charge in [-0.2, -0.15) is 0 Å². The summed E-state index contributed by atoms with van der Waals surface area (Å²) in [5, 5.41) is 21.9. The Bertz CT molecular complexity index is 105. The second kappa shape index (κ2) is 16.1. The first kappa shape index (κ1) is 16.7. The van der Waals surface area contributed by atoms with Gasteiger partial charge in [0.2, 0.25) is 0 Å². The van der Waals surface area contributed by atoms with Crippen molar-refractivity contribution in [2.24, 2.45) is 0 Å². The predicted molar refractivity (Wildman–Crippen MR) is 26.6 cm³/mol. The molecule has 0 atom stereocenters. The molecule has 52 valence electrons. The van der Waals surface area contributed by atoms with E-state index in [-0.39, 0.29) is 51.4 Å². The monoisotopic (exact) mass is 170 g/mol. The molecular weight excluding hydrogens is 165 g/mol. The molecule has 2 N–H and O–H groups in total. The minimum Gasteiger partial charge on any atom is -0.664 e. The number of hydrogen-bond donors (Lipinski definition) is 2. The quantitative estimate of drug-likeness (QED) is 0.110. The molecule has 5 nitrogen and oxygen atoms in total. The SMILES string of the molecule is C=CO[O-].N=[C-]C(=O)O.[K+]. The van der Waals surface area contributed by atoms with Crippen molar-refractivity contribution in [3.05, 3.63) is 12.8 Å². The van der Waals surface area contributed by atoms with Crippen LogP contribution in [0, 0.1) is 5.41 Å². The summed E-state index contributed by atoms with van der Waals surface area (Å²) in [6, 6.07) is 0. The Morgan fingerprint density at radius 2 is 2.10 bits per heavy atom. The summed E-state index contributed by atoms with van der Waals surface area (Å²) in [5.74, 6) is -1.33. The summed E-state index contributed by atoms with van der Waals surface area (Å²) < 4.78 is 0. The molecule has 6 heteroatoms. The van der Waals surface area contributed by atoms with Gasteiger partial charge in [-0.1, -0.05) is 6.58 Å². The van der Waals surface area contributed by atoms with E-state index in [0.29, 0.717) is 0 Å². The molecule has 10 heavy (non-hydrogen) atoms. The predicted octanol–water partition coefficient (Wildman–Crippen LogP) is -3.98. The first-order valence-corrected chi connectivity index (χ1v) is 1.74. The van der Waals surface area contributed by atoms with E-state index < -0.39 is 5.97 Å². The van der Waals surface area contributed by atoms with Gasteiger partial charge in [-0.05, 0) is 0 Å². The van der Waals surface area contributed by atoms with Gasteiger partial charge in [-0.3, -0.25) is 11.0 Å². The summed E-state index contributed by atoms with van der Waals surface area (Å²) >= 11 is 0. The summed E-state index contributed by atoms with van der Waals surface area (Å²) in [7, 11) is 0. The van der Waals surface area contributed by atoms with E-state index in [1.807, 2.05) is 0 Å². The Morgan fingerprint density at radius 1 is 1.90 bits per heavy atom. The maximum absolute atomic E-state index is 9.07. The number of carbonyl (C=O) groups is 1. The maximum Gasteiger partial charge on any atom is 1.00 e. The fourth-order valence-electron chi connectivity index (χ4n) is 0. The molecule has 0 fully saturated rings. The van der Waals surface area contributed by atoms with Gasteiger partial charge in [-0.15, -0.1) is 0 Å². The molecule has 0 rings (SSSR count). The summed E-state index contributed by atoms with van der Waals surface area (Å²) in [5.41, 5.74) is 0. The van der Waals surface area contributed by atoms with Gasteiger partial charge in [0, 0.05) is 0 Å². The summed E-state index contributed by atoms with van der Waals surface area (Å²) in [4.78, 5) is 12.1. The number of nitrogens with one attached hydrogen (secondary N) is 1. The third-order valence-corrected chi connectivity index (χ3v) is 0.175. The Labute approximate surface area is 101 Å². The van der Waals surface area contributed by atoms with Crippen LogP contribution in [0.1, 0.15) is 0 Å². The van der Waals surface area contributed by atoms with Crippen molar-refractivity contribution in [3.63, 3.8) is 0 Å². The third kappa shape index (κ3) is 40.8. The number of aliphatic carboxylic acids is 1. The van der Waals surface area contributed by atoms with Crippen LogP contribution in [0.25, 0.3) is 0 Å². The average Bonchev–Trinajstić information content (AvgIpc) is 1.89. The van der Waals surface area contributed by atoms with Crippen LogP contribution in [-0.4, -0.2) is 17.3 Å². The average molecular weight is 170 g/mol. The van der Waals surface area contributed by atoms with Gasteiger partial charge >= 0.3 is 51.4 Å². The third-order valence-electron chi connectivity index (χ3n) is 0.175. The van der Waals surface area contributed by atoms with Crippen LogP contribution in [0.4, 0.5) is 0 Å². The van der Waals surface area contributed by atoms with Gasteiger partial charge in [0.05, 0.1) is 6.26 Å². The van der Waals surface area contributed by atoms with E-state index in [9.17, 15) is 0 Å². The van der Waals surface area contributed by atoms with Crippen molar-refractivity contribution < 1.29 is 71.4 Å². The second-order valence-electron chi connectivity index (χ2n) is 0.693. The minimum absolute atomic E-state index is 0. The first-order chi connectivity index (χ1) is 4.18. The van der Waals surface area contributed by atoms with Crippen molar-refractivity contribution in [2.45, 2.75) is 0 Å². The Kier molecular flexibility index (Phi) is 26.9. The van der Waals surface area contributed by atoms with Crippen LogP contribution >= 0.6 is 0 Å². The largest absolute Gasteiger partial charge is 1.00 e. The van der Waals surface area contributed by atoms with Crippen molar-refractivity contribution in [2.75, 3.05) is 0 Å². The molecule has 0 saturated heterocycles. The molecule has 0 aromatic carbocycles. The number of carboxylic acids is 1. The first-order valence-electron chi connectivity index (χ1n) is 1.74. The number of hydrogen-bond acceptors (Lipinski definition) is 4. The van der Waals surface area contributed by atoms with E-state index in [2.05, 4.69) is 11.5 Å². The van der Waals surface area contributed by atoms with Crippen molar-refractivity contribution in [3.8, 4) is 0 Å². The van der Waals surface area contributed by atoms with E-state index in [4.69, 9.17) is 20.6 Å². The topological polar surface area (TPSA) is 93.4 Å². The molecule has 0 unspecified atom stereocenters. The molecule has 0 aromatic rings. The number of rotatable bonds is 2. The molecule has 0 heterocycles. The summed E-state index contributed by atoms with van der Waals surface area (Å²) in [6.45, 7) is 2.94. The molecule has 0 aliphatic carbocycles. The zero-order valence-corrected chi connectivity index (χ0v) is 8.58. The van der Waals surface area contributed by atoms with Crippen molar-refractivity contribution in [1.29, 1.82) is 5.41 Å². The van der Waals surface area contributed by atoms with Crippen LogP contribution in [0.5, 0.6) is 0 Å². The molecule has 0 aliphatic heterocycles. The van der Waals surface area contributed by atoms with Crippen LogP contribution in [-0.2, 0) is 9.68 Å². The van der Waals surface area contributed by atoms with E-state index >= 15 is 0 Å². The zero-order valence-electron chi connectivity index (χ0n) is 5.46. The van der Waals surface area contributed by atoms with Gasteiger partial charge in [0.25, 0.3) is 0 Å². The van der Waals surface area contributed by atoms with E-state index in [0.717, 1.165) is 6.26 Å². The van der Waals surface area contributed by atoms with Crippen LogP contribution in [0.15, 0.2) is 12.8 Å². The van der Waals surface area contributed by atoms with Crippen LogP contribution < -0.4 is 56.6 Å². The fourth-order valence-corrected chi connectivity index (χ4v) is 0. The molecule has 0 radical (unpaired) electrons. The van der Waals surface area contributed by atoms with Gasteiger partial charge in [-0.25, -0.2) is 0 Å².